The second kappa shape index (κ2) is 4.34. The number of nitrogens with one attached hydrogen (secondary N) is 1. The van der Waals surface area contributed by atoms with Crippen LogP contribution in [-0.4, -0.2) is 12.6 Å². The average Bonchev–Trinajstić information content (AvgIpc) is 2.10. The summed E-state index contributed by atoms with van der Waals surface area (Å²) in [6.07, 6.45) is 1.30. The predicted octanol–water partition coefficient (Wildman–Crippen LogP) is 1.99. The van der Waals surface area contributed by atoms with E-state index in [0.29, 0.717) is 11.5 Å². The molecule has 1 aliphatic rings. The summed E-state index contributed by atoms with van der Waals surface area (Å²) in [4.78, 5) is 0. The minimum atomic E-state index is 0. The third-order valence-corrected chi connectivity index (χ3v) is 2.28. The van der Waals surface area contributed by atoms with E-state index in [-0.39, 0.29) is 32.7 Å². The van der Waals surface area contributed by atoms with Gasteiger partial charge in [0, 0.05) is 32.7 Å². The molecule has 1 N–H and O–H groups in total. The molecule has 0 bridgehead atoms. The summed E-state index contributed by atoms with van der Waals surface area (Å²) >= 11 is 0. The molecule has 1 heterocycles. The first-order valence-electron chi connectivity index (χ1n) is 4.05. The van der Waals surface area contributed by atoms with Crippen LogP contribution in [0.2, 0.25) is 0 Å². The van der Waals surface area contributed by atoms with E-state index in [0.717, 1.165) is 0 Å². The maximum Gasteiger partial charge on any atom is 0 e. The number of hydrogen-bond acceptors (Lipinski definition) is 1. The molecule has 1 unspecified atom stereocenters. The Morgan fingerprint density at radius 2 is 1.91 bits per heavy atom. The van der Waals surface area contributed by atoms with E-state index in [1.54, 1.807) is 0 Å². The Kier molecular flexibility index (Phi) is 4.76. The quantitative estimate of drug-likeness (QED) is 0.678. The van der Waals surface area contributed by atoms with Gasteiger partial charge in [0.25, 0.3) is 0 Å². The van der Waals surface area contributed by atoms with Gasteiger partial charge in [-0.05, 0) is 12.0 Å². The topological polar surface area (TPSA) is 12.0 Å². The fourth-order valence-electron chi connectivity index (χ4n) is 1.50. The van der Waals surface area contributed by atoms with Crippen LogP contribution in [0.1, 0.15) is 34.1 Å². The molecule has 1 nitrogen and oxygen atoms in total. The third-order valence-electron chi connectivity index (χ3n) is 2.28. The first kappa shape index (κ1) is 12.1. The van der Waals surface area contributed by atoms with Crippen LogP contribution >= 0.6 is 0 Å². The molecule has 0 spiro atoms. The van der Waals surface area contributed by atoms with E-state index < -0.39 is 0 Å². The van der Waals surface area contributed by atoms with Crippen molar-refractivity contribution in [3.8, 4) is 0 Å². The molecule has 2 heteroatoms. The van der Waals surface area contributed by atoms with Crippen LogP contribution in [0.15, 0.2) is 0 Å². The Labute approximate surface area is 95.6 Å². The van der Waals surface area contributed by atoms with Crippen LogP contribution in [-0.2, 0) is 32.7 Å². The summed E-state index contributed by atoms with van der Waals surface area (Å²) < 4.78 is 0. The molecule has 1 aliphatic heterocycles. The van der Waals surface area contributed by atoms with Gasteiger partial charge in [-0.1, -0.05) is 20.3 Å². The maximum absolute atomic E-state index is 3.51. The van der Waals surface area contributed by atoms with Gasteiger partial charge in [0.2, 0.25) is 0 Å². The van der Waals surface area contributed by atoms with Gasteiger partial charge in [-0.2, -0.15) is 13.8 Å². The second-order valence-corrected chi connectivity index (χ2v) is 4.38. The molecule has 63 valence electrons. The van der Waals surface area contributed by atoms with Crippen molar-refractivity contribution in [2.45, 2.75) is 40.2 Å². The van der Waals surface area contributed by atoms with Crippen molar-refractivity contribution in [1.29, 1.82) is 0 Å². The van der Waals surface area contributed by atoms with Crippen LogP contribution in [0.3, 0.4) is 0 Å². The Hall–Kier alpha value is 1.06. The number of hydrogen-bond donors (Lipinski definition) is 1. The van der Waals surface area contributed by atoms with Crippen LogP contribution in [0.5, 0.6) is 0 Å². The minimum absolute atomic E-state index is 0. The van der Waals surface area contributed by atoms with Gasteiger partial charge in [0.1, 0.15) is 0 Å². The molecule has 0 aliphatic carbocycles. The first-order chi connectivity index (χ1) is 4.51. The zero-order chi connectivity index (χ0) is 7.78. The van der Waals surface area contributed by atoms with Crippen molar-refractivity contribution >= 4 is 0 Å². The zero-order valence-corrected chi connectivity index (χ0v) is 10.9. The summed E-state index contributed by atoms with van der Waals surface area (Å²) in [5.74, 6) is 1.52. The van der Waals surface area contributed by atoms with Crippen LogP contribution in [0, 0.1) is 11.3 Å². The molecule has 0 amide bonds. The fraction of sp³-hybridized carbons (Fsp3) is 0.889. The Morgan fingerprint density at radius 1 is 1.36 bits per heavy atom. The van der Waals surface area contributed by atoms with Crippen LogP contribution < -0.4 is 5.32 Å². The van der Waals surface area contributed by atoms with Gasteiger partial charge in [0.15, 0.2) is 0 Å². The van der Waals surface area contributed by atoms with E-state index in [2.05, 4.69) is 33.0 Å². The predicted molar refractivity (Wildman–Crippen MR) is 44.8 cm³/mol. The molecule has 1 radical (unpaired) electrons. The number of rotatable bonds is 1. The monoisotopic (exact) mass is 229 g/mol. The summed E-state index contributed by atoms with van der Waals surface area (Å²) in [7, 11) is 0. The molecule has 0 aromatic carbocycles. The van der Waals surface area contributed by atoms with Crippen molar-refractivity contribution in [3.63, 3.8) is 0 Å². The van der Waals surface area contributed by atoms with Crippen molar-refractivity contribution in [2.24, 2.45) is 5.41 Å². The Bertz CT molecular complexity index is 121. The molecule has 1 saturated heterocycles. The second-order valence-electron chi connectivity index (χ2n) is 4.38. The van der Waals surface area contributed by atoms with E-state index in [9.17, 15) is 0 Å². The van der Waals surface area contributed by atoms with Crippen molar-refractivity contribution in [2.75, 3.05) is 6.54 Å². The molecular formula is C9H18NY-. The average molecular weight is 229 g/mol. The molecule has 0 saturated carbocycles. The zero-order valence-electron chi connectivity index (χ0n) is 8.07. The van der Waals surface area contributed by atoms with Gasteiger partial charge in [0.05, 0.1) is 0 Å². The summed E-state index contributed by atoms with van der Waals surface area (Å²) in [6.45, 7) is 10.2. The molecule has 0 aromatic rings. The summed E-state index contributed by atoms with van der Waals surface area (Å²) in [5, 5.41) is 3.51. The molecule has 0 aromatic heterocycles. The Morgan fingerprint density at radius 3 is 2.09 bits per heavy atom. The maximum atomic E-state index is 3.51. The fourth-order valence-corrected chi connectivity index (χ4v) is 1.50. The van der Waals surface area contributed by atoms with Gasteiger partial charge in [-0.3, -0.25) is 0 Å². The smallest absolute Gasteiger partial charge is 0 e. The van der Waals surface area contributed by atoms with E-state index >= 15 is 0 Å². The Balaban J connectivity index is 0.000001000. The summed E-state index contributed by atoms with van der Waals surface area (Å²) in [5.41, 5.74) is 0.516. The molecule has 1 atom stereocenters. The minimum Gasteiger partial charge on any atom is -0.342 e. The largest absolute Gasteiger partial charge is 0.342 e. The van der Waals surface area contributed by atoms with Crippen LogP contribution in [0.4, 0.5) is 0 Å². The third kappa shape index (κ3) is 3.52. The molecule has 11 heavy (non-hydrogen) atoms. The van der Waals surface area contributed by atoms with Crippen molar-refractivity contribution < 1.29 is 32.7 Å². The molecule has 1 rings (SSSR count). The van der Waals surface area contributed by atoms with E-state index in [4.69, 9.17) is 0 Å². The van der Waals surface area contributed by atoms with E-state index in [1.165, 1.54) is 18.9 Å². The standard InChI is InChI=1S/C9H18N.Y/c1-7(2)8-5-9(3,4)6-10-8;/h8,10H,5-6H2,1-4H3;/q-1;. The van der Waals surface area contributed by atoms with Crippen LogP contribution in [0.25, 0.3) is 0 Å². The van der Waals surface area contributed by atoms with Gasteiger partial charge in [-0.25, -0.2) is 0 Å². The normalized spacial score (nSPS) is 28.6. The summed E-state index contributed by atoms with van der Waals surface area (Å²) in [6, 6.07) is 0.676. The van der Waals surface area contributed by atoms with Gasteiger partial charge in [-0.15, -0.1) is 6.04 Å². The van der Waals surface area contributed by atoms with E-state index in [1.807, 2.05) is 0 Å². The SMILES string of the molecule is C[C-](C)C1CC(C)(C)CN1.[Y]. The van der Waals surface area contributed by atoms with Crippen molar-refractivity contribution in [1.82, 2.24) is 5.32 Å². The molecule has 1 fully saturated rings. The van der Waals surface area contributed by atoms with Gasteiger partial charge >= 0.3 is 0 Å². The van der Waals surface area contributed by atoms with Gasteiger partial charge < -0.3 is 11.2 Å². The first-order valence-corrected chi connectivity index (χ1v) is 4.05. The molecular weight excluding hydrogens is 211 g/mol. The van der Waals surface area contributed by atoms with Crippen molar-refractivity contribution in [3.05, 3.63) is 5.92 Å².